The molecular formula is C17H18N6. The van der Waals surface area contributed by atoms with Crippen LogP contribution in [0.4, 0.5) is 5.82 Å². The predicted octanol–water partition coefficient (Wildman–Crippen LogP) is 1.96. The van der Waals surface area contributed by atoms with Gasteiger partial charge in [0, 0.05) is 36.9 Å². The van der Waals surface area contributed by atoms with Crippen LogP contribution in [0.3, 0.4) is 0 Å². The van der Waals surface area contributed by atoms with Crippen LogP contribution < -0.4 is 10.6 Å². The minimum Gasteiger partial charge on any atom is -0.365 e. The van der Waals surface area contributed by atoms with Gasteiger partial charge in [-0.15, -0.1) is 0 Å². The molecule has 2 fully saturated rings. The fourth-order valence-corrected chi connectivity index (χ4v) is 3.56. The van der Waals surface area contributed by atoms with Crippen LogP contribution in [0.2, 0.25) is 0 Å². The first kappa shape index (κ1) is 13.0. The highest BCUT2D eigenvalue weighted by atomic mass is 15.1. The van der Waals surface area contributed by atoms with E-state index in [2.05, 4.69) is 20.6 Å². The molecule has 6 nitrogen and oxygen atoms in total. The molecule has 1 aliphatic heterocycles. The van der Waals surface area contributed by atoms with Gasteiger partial charge in [0.25, 0.3) is 0 Å². The summed E-state index contributed by atoms with van der Waals surface area (Å²) in [7, 11) is 0. The van der Waals surface area contributed by atoms with E-state index < -0.39 is 0 Å². The van der Waals surface area contributed by atoms with Crippen molar-refractivity contribution in [2.24, 2.45) is 5.41 Å². The Bertz CT molecular complexity index is 866. The topological polar surface area (TPSA) is 67.1 Å². The maximum absolute atomic E-state index is 4.80. The molecule has 0 aromatic carbocycles. The van der Waals surface area contributed by atoms with Gasteiger partial charge in [-0.25, -0.2) is 9.97 Å². The van der Waals surface area contributed by atoms with Crippen LogP contribution in [0.15, 0.2) is 43.0 Å². The van der Waals surface area contributed by atoms with Crippen LogP contribution in [-0.4, -0.2) is 38.5 Å². The zero-order valence-corrected chi connectivity index (χ0v) is 12.7. The van der Waals surface area contributed by atoms with Crippen LogP contribution >= 0.6 is 0 Å². The lowest BCUT2D eigenvalue weighted by Gasteiger charge is -2.19. The van der Waals surface area contributed by atoms with E-state index in [4.69, 9.17) is 4.98 Å². The molecule has 3 aromatic rings. The van der Waals surface area contributed by atoms with E-state index in [0.29, 0.717) is 11.5 Å². The second kappa shape index (κ2) is 4.76. The molecule has 0 radical (unpaired) electrons. The number of pyridine rings is 1. The molecular weight excluding hydrogens is 288 g/mol. The van der Waals surface area contributed by atoms with Crippen molar-refractivity contribution in [1.29, 1.82) is 0 Å². The van der Waals surface area contributed by atoms with E-state index >= 15 is 0 Å². The van der Waals surface area contributed by atoms with Gasteiger partial charge in [0.05, 0.1) is 23.8 Å². The number of nitrogens with one attached hydrogen (secondary N) is 2. The zero-order chi connectivity index (χ0) is 15.3. The van der Waals surface area contributed by atoms with Crippen molar-refractivity contribution in [3.63, 3.8) is 0 Å². The van der Waals surface area contributed by atoms with Crippen LogP contribution in [0.1, 0.15) is 12.8 Å². The quantitative estimate of drug-likeness (QED) is 0.774. The van der Waals surface area contributed by atoms with E-state index in [1.807, 2.05) is 35.0 Å². The average molecular weight is 306 g/mol. The normalized spacial score (nSPS) is 21.8. The molecule has 5 rings (SSSR count). The summed E-state index contributed by atoms with van der Waals surface area (Å²) in [6, 6.07) is 6.60. The zero-order valence-electron chi connectivity index (χ0n) is 12.7. The molecule has 2 aliphatic rings. The lowest BCUT2D eigenvalue weighted by Crippen LogP contribution is -2.29. The minimum absolute atomic E-state index is 0.465. The Labute approximate surface area is 134 Å². The summed E-state index contributed by atoms with van der Waals surface area (Å²) in [5.41, 5.74) is 3.20. The SMILES string of the molecule is c1cc(NC2CNCC23CC3)nc(-c2cnc3cnccn23)c1. The van der Waals surface area contributed by atoms with Crippen molar-refractivity contribution in [2.75, 3.05) is 18.4 Å². The molecule has 1 spiro atoms. The van der Waals surface area contributed by atoms with E-state index in [-0.39, 0.29) is 0 Å². The standard InChI is InChI=1S/C17H18N6/c1-2-12(13-8-20-16-10-18-6-7-23(13)16)21-15(3-1)22-14-9-19-11-17(14)4-5-17/h1-3,6-8,10,14,19H,4-5,9,11H2,(H,21,22). The fourth-order valence-electron chi connectivity index (χ4n) is 3.56. The lowest BCUT2D eigenvalue weighted by atomic mass is 10.0. The van der Waals surface area contributed by atoms with Crippen molar-refractivity contribution >= 4 is 11.5 Å². The van der Waals surface area contributed by atoms with E-state index in [0.717, 1.165) is 35.9 Å². The highest BCUT2D eigenvalue weighted by Crippen LogP contribution is 2.51. The number of fused-ring (bicyclic) bond motifs is 1. The summed E-state index contributed by atoms with van der Waals surface area (Å²) in [6.07, 6.45) is 9.92. The van der Waals surface area contributed by atoms with Gasteiger partial charge in [-0.1, -0.05) is 6.07 Å². The summed E-state index contributed by atoms with van der Waals surface area (Å²) in [4.78, 5) is 13.3. The number of anilines is 1. The first-order valence-electron chi connectivity index (χ1n) is 8.06. The van der Waals surface area contributed by atoms with Gasteiger partial charge in [0.1, 0.15) is 5.82 Å². The number of hydrogen-bond acceptors (Lipinski definition) is 5. The fraction of sp³-hybridized carbons (Fsp3) is 0.353. The molecule has 2 N–H and O–H groups in total. The summed E-state index contributed by atoms with van der Waals surface area (Å²) in [5, 5.41) is 7.13. The van der Waals surface area contributed by atoms with Crippen molar-refractivity contribution < 1.29 is 0 Å². The van der Waals surface area contributed by atoms with Crippen LogP contribution in [-0.2, 0) is 0 Å². The number of rotatable bonds is 3. The predicted molar refractivity (Wildman–Crippen MR) is 88.2 cm³/mol. The highest BCUT2D eigenvalue weighted by Gasteiger charge is 2.52. The van der Waals surface area contributed by atoms with Crippen molar-refractivity contribution in [3.05, 3.63) is 43.0 Å². The largest absolute Gasteiger partial charge is 0.365 e. The Morgan fingerprint density at radius 2 is 2.22 bits per heavy atom. The van der Waals surface area contributed by atoms with Crippen molar-refractivity contribution in [3.8, 4) is 11.4 Å². The molecule has 1 saturated heterocycles. The molecule has 0 bridgehead atoms. The lowest BCUT2D eigenvalue weighted by molar-refractivity contribution is 0.523. The first-order chi connectivity index (χ1) is 11.3. The summed E-state index contributed by atoms with van der Waals surface area (Å²) >= 11 is 0. The van der Waals surface area contributed by atoms with Crippen LogP contribution in [0, 0.1) is 5.41 Å². The molecule has 116 valence electrons. The van der Waals surface area contributed by atoms with Gasteiger partial charge in [0.2, 0.25) is 0 Å². The molecule has 4 heterocycles. The van der Waals surface area contributed by atoms with E-state index in [9.17, 15) is 0 Å². The third-order valence-corrected chi connectivity index (χ3v) is 5.11. The van der Waals surface area contributed by atoms with Crippen LogP contribution in [0.25, 0.3) is 17.0 Å². The summed E-state index contributed by atoms with van der Waals surface area (Å²) < 4.78 is 2.01. The van der Waals surface area contributed by atoms with Crippen molar-refractivity contribution in [2.45, 2.75) is 18.9 Å². The minimum atomic E-state index is 0.465. The maximum Gasteiger partial charge on any atom is 0.155 e. The van der Waals surface area contributed by atoms with Gasteiger partial charge < -0.3 is 10.6 Å². The van der Waals surface area contributed by atoms with Gasteiger partial charge in [-0.2, -0.15) is 0 Å². The number of hydrogen-bond donors (Lipinski definition) is 2. The summed E-state index contributed by atoms with van der Waals surface area (Å²) in [6.45, 7) is 2.15. The summed E-state index contributed by atoms with van der Waals surface area (Å²) in [5.74, 6) is 0.937. The Hall–Kier alpha value is -2.47. The molecule has 1 aliphatic carbocycles. The maximum atomic E-state index is 4.80. The van der Waals surface area contributed by atoms with Gasteiger partial charge in [-0.05, 0) is 25.0 Å². The van der Waals surface area contributed by atoms with Crippen molar-refractivity contribution in [1.82, 2.24) is 24.7 Å². The second-order valence-electron chi connectivity index (χ2n) is 6.55. The average Bonchev–Trinajstić information content (AvgIpc) is 3.07. The van der Waals surface area contributed by atoms with Gasteiger partial charge in [-0.3, -0.25) is 9.38 Å². The molecule has 0 amide bonds. The smallest absolute Gasteiger partial charge is 0.155 e. The monoisotopic (exact) mass is 306 g/mol. The van der Waals surface area contributed by atoms with E-state index in [1.165, 1.54) is 12.8 Å². The first-order valence-corrected chi connectivity index (χ1v) is 8.06. The Balaban J connectivity index is 1.48. The number of nitrogens with zero attached hydrogens (tertiary/aromatic N) is 4. The Morgan fingerprint density at radius 1 is 1.26 bits per heavy atom. The number of imidazole rings is 1. The Morgan fingerprint density at radius 3 is 3.13 bits per heavy atom. The third kappa shape index (κ3) is 2.09. The molecule has 1 unspecified atom stereocenters. The number of aromatic nitrogens is 4. The van der Waals surface area contributed by atoms with E-state index in [1.54, 1.807) is 12.4 Å². The molecule has 3 aromatic heterocycles. The molecule has 1 atom stereocenters. The van der Waals surface area contributed by atoms with Gasteiger partial charge >= 0.3 is 0 Å². The molecule has 1 saturated carbocycles. The third-order valence-electron chi connectivity index (χ3n) is 5.11. The molecule has 6 heteroatoms. The van der Waals surface area contributed by atoms with Gasteiger partial charge in [0.15, 0.2) is 5.65 Å². The van der Waals surface area contributed by atoms with Crippen LogP contribution in [0.5, 0.6) is 0 Å². The second-order valence-corrected chi connectivity index (χ2v) is 6.55. The molecule has 23 heavy (non-hydrogen) atoms. The highest BCUT2D eigenvalue weighted by molar-refractivity contribution is 5.61. The Kier molecular flexibility index (Phi) is 2.69.